The van der Waals surface area contributed by atoms with Crippen LogP contribution in [0.4, 0.5) is 0 Å². The number of halogens is 1. The first kappa shape index (κ1) is 19.2. The number of hydrogen-bond donors (Lipinski definition) is 3. The first-order chi connectivity index (χ1) is 13.1. The number of rotatable bonds is 5. The maximum Gasteiger partial charge on any atom is 0.267 e. The second kappa shape index (κ2) is 9.41. The number of nitrogens with one attached hydrogen (secondary N) is 2. The Morgan fingerprint density at radius 1 is 1.22 bits per heavy atom. The lowest BCUT2D eigenvalue weighted by Crippen LogP contribution is -2.25. The van der Waals surface area contributed by atoms with Crippen LogP contribution in [0.15, 0.2) is 71.7 Å². The molecule has 7 heteroatoms. The molecule has 1 unspecified atom stereocenters. The van der Waals surface area contributed by atoms with E-state index in [-0.39, 0.29) is 0 Å². The number of nitrogens with zero attached hydrogens (tertiary/aromatic N) is 1. The molecule has 0 fully saturated rings. The van der Waals surface area contributed by atoms with Gasteiger partial charge in [-0.2, -0.15) is 0 Å². The number of amidine groups is 1. The van der Waals surface area contributed by atoms with Crippen LogP contribution in [0.2, 0.25) is 0 Å². The molecule has 0 spiro atoms. The minimum Gasteiger partial charge on any atom is -0.335 e. The molecular weight excluding hydrogens is 382 g/mol. The second-order valence-electron chi connectivity index (χ2n) is 5.72. The zero-order valence-corrected chi connectivity index (χ0v) is 15.9. The predicted octanol–water partition coefficient (Wildman–Crippen LogP) is 4.00. The van der Waals surface area contributed by atoms with Crippen molar-refractivity contribution in [3.8, 4) is 0 Å². The highest BCUT2D eigenvalue weighted by Gasteiger charge is 2.15. The maximum absolute atomic E-state index is 11.0. The Balaban J connectivity index is 1.58. The Morgan fingerprint density at radius 2 is 1.96 bits per heavy atom. The van der Waals surface area contributed by atoms with E-state index in [1.54, 1.807) is 23.3 Å². The summed E-state index contributed by atoms with van der Waals surface area (Å²) in [7, 11) is 0. The minimum atomic E-state index is -0.561. The molecule has 0 aliphatic carbocycles. The van der Waals surface area contributed by atoms with Gasteiger partial charge in [0.1, 0.15) is 5.50 Å². The number of carbonyl (C=O) groups excluding carboxylic acids is 1. The van der Waals surface area contributed by atoms with Crippen LogP contribution in [0.3, 0.4) is 0 Å². The van der Waals surface area contributed by atoms with Crippen LogP contribution in [0.1, 0.15) is 16.7 Å². The number of amides is 1. The third kappa shape index (κ3) is 5.72. The fourth-order valence-electron chi connectivity index (χ4n) is 2.42. The van der Waals surface area contributed by atoms with Crippen LogP contribution in [0.5, 0.6) is 0 Å². The summed E-state index contributed by atoms with van der Waals surface area (Å²) in [4.78, 5) is 15.4. The molecule has 5 nitrogen and oxygen atoms in total. The summed E-state index contributed by atoms with van der Waals surface area (Å²) in [5, 5.41) is 12.6. The van der Waals surface area contributed by atoms with Crippen molar-refractivity contribution in [2.45, 2.75) is 11.3 Å². The summed E-state index contributed by atoms with van der Waals surface area (Å²) in [6.45, 7) is 0. The molecule has 1 aliphatic rings. The lowest BCUT2D eigenvalue weighted by molar-refractivity contribution is -0.124. The van der Waals surface area contributed by atoms with Gasteiger partial charge in [0, 0.05) is 17.5 Å². The van der Waals surface area contributed by atoms with E-state index in [1.165, 1.54) is 6.08 Å². The fourth-order valence-corrected chi connectivity index (χ4v) is 3.57. The van der Waals surface area contributed by atoms with Crippen molar-refractivity contribution in [2.24, 2.45) is 4.99 Å². The topological polar surface area (TPSA) is 73.7 Å². The molecule has 0 saturated carbocycles. The molecule has 0 radical (unpaired) electrons. The van der Waals surface area contributed by atoms with E-state index in [4.69, 9.17) is 16.8 Å². The standard InChI is InChI=1S/C20H18ClN3O2S/c21-18-12-17(16-4-2-1-3-5-16)22-20(23-18)27-13-15-8-6-14(7-9-15)10-11-19(25)24-26/h1-12,18,26H,13H2,(H,22,23)(H,24,25)/b11-10+. The van der Waals surface area contributed by atoms with Crippen molar-refractivity contribution < 1.29 is 10.0 Å². The lowest BCUT2D eigenvalue weighted by atomic mass is 10.1. The van der Waals surface area contributed by atoms with Gasteiger partial charge in [-0.05, 0) is 28.8 Å². The van der Waals surface area contributed by atoms with Gasteiger partial charge in [-0.3, -0.25) is 10.0 Å². The van der Waals surface area contributed by atoms with Gasteiger partial charge in [-0.25, -0.2) is 10.5 Å². The summed E-state index contributed by atoms with van der Waals surface area (Å²) in [6, 6.07) is 17.8. The van der Waals surface area contributed by atoms with E-state index in [2.05, 4.69) is 10.3 Å². The maximum atomic E-state index is 11.0. The molecule has 1 aliphatic heterocycles. The number of alkyl halides is 1. The summed E-state index contributed by atoms with van der Waals surface area (Å²) in [6.07, 6.45) is 4.79. The lowest BCUT2D eigenvalue weighted by Gasteiger charge is -2.19. The van der Waals surface area contributed by atoms with Crippen molar-refractivity contribution >= 4 is 46.2 Å². The van der Waals surface area contributed by atoms with Gasteiger partial charge in [0.05, 0.1) is 0 Å². The van der Waals surface area contributed by atoms with Gasteiger partial charge in [0.15, 0.2) is 5.17 Å². The highest BCUT2D eigenvalue weighted by atomic mass is 35.5. The summed E-state index contributed by atoms with van der Waals surface area (Å²) >= 11 is 7.83. The molecule has 2 aromatic rings. The quantitative estimate of drug-likeness (QED) is 0.233. The van der Waals surface area contributed by atoms with E-state index in [0.717, 1.165) is 33.3 Å². The fraction of sp³-hybridized carbons (Fsp3) is 0.100. The molecule has 1 amide bonds. The van der Waals surface area contributed by atoms with E-state index in [0.29, 0.717) is 0 Å². The molecular formula is C20H18ClN3O2S. The number of carbonyl (C=O) groups is 1. The summed E-state index contributed by atoms with van der Waals surface area (Å²) < 4.78 is 0. The number of thioether (sulfide) groups is 1. The molecule has 0 aromatic heterocycles. The Kier molecular flexibility index (Phi) is 6.70. The molecule has 1 heterocycles. The van der Waals surface area contributed by atoms with Crippen molar-refractivity contribution in [3.63, 3.8) is 0 Å². The summed E-state index contributed by atoms with van der Waals surface area (Å²) in [5.74, 6) is 0.174. The molecule has 3 rings (SSSR count). The molecule has 0 bridgehead atoms. The van der Waals surface area contributed by atoms with Crippen molar-refractivity contribution in [1.82, 2.24) is 10.8 Å². The molecule has 0 saturated heterocycles. The van der Waals surface area contributed by atoms with Crippen LogP contribution in [-0.4, -0.2) is 21.8 Å². The van der Waals surface area contributed by atoms with E-state index < -0.39 is 11.4 Å². The van der Waals surface area contributed by atoms with Crippen LogP contribution < -0.4 is 10.8 Å². The highest BCUT2D eigenvalue weighted by molar-refractivity contribution is 8.13. The number of aliphatic imine (C=N–C) groups is 1. The first-order valence-electron chi connectivity index (χ1n) is 8.24. The van der Waals surface area contributed by atoms with E-state index >= 15 is 0 Å². The Hall–Kier alpha value is -2.54. The molecule has 27 heavy (non-hydrogen) atoms. The average Bonchev–Trinajstić information content (AvgIpc) is 2.71. The van der Waals surface area contributed by atoms with Crippen molar-refractivity contribution in [1.29, 1.82) is 0 Å². The number of hydroxylamine groups is 1. The second-order valence-corrected chi connectivity index (χ2v) is 7.13. The smallest absolute Gasteiger partial charge is 0.267 e. The van der Waals surface area contributed by atoms with Gasteiger partial charge in [-0.15, -0.1) is 0 Å². The zero-order valence-electron chi connectivity index (χ0n) is 14.3. The average molecular weight is 400 g/mol. The zero-order chi connectivity index (χ0) is 19.1. The van der Waals surface area contributed by atoms with Gasteiger partial charge in [-0.1, -0.05) is 78.0 Å². The first-order valence-corrected chi connectivity index (χ1v) is 9.66. The van der Waals surface area contributed by atoms with Crippen LogP contribution in [0.25, 0.3) is 11.8 Å². The Labute approximate surface area is 166 Å². The SMILES string of the molecule is O=C(/C=C/c1ccc(CSC2=NC(Cl)C=C(c3ccccc3)N2)cc1)NO. The largest absolute Gasteiger partial charge is 0.335 e. The van der Waals surface area contributed by atoms with Crippen LogP contribution in [-0.2, 0) is 10.5 Å². The van der Waals surface area contributed by atoms with Gasteiger partial charge in [0.2, 0.25) is 0 Å². The molecule has 3 N–H and O–H groups in total. The Morgan fingerprint density at radius 3 is 2.67 bits per heavy atom. The van der Waals surface area contributed by atoms with Crippen LogP contribution in [0, 0.1) is 0 Å². The number of benzene rings is 2. The van der Waals surface area contributed by atoms with Crippen LogP contribution >= 0.6 is 23.4 Å². The molecule has 1 atom stereocenters. The Bertz CT molecular complexity index is 880. The number of hydrogen-bond acceptors (Lipinski definition) is 5. The highest BCUT2D eigenvalue weighted by Crippen LogP contribution is 2.23. The van der Waals surface area contributed by atoms with Crippen molar-refractivity contribution in [2.75, 3.05) is 0 Å². The summed E-state index contributed by atoms with van der Waals surface area (Å²) in [5.41, 5.74) is 5.18. The predicted molar refractivity (Wildman–Crippen MR) is 111 cm³/mol. The van der Waals surface area contributed by atoms with Gasteiger partial charge in [0.25, 0.3) is 5.91 Å². The van der Waals surface area contributed by atoms with Gasteiger partial charge < -0.3 is 5.32 Å². The third-order valence-electron chi connectivity index (χ3n) is 3.76. The molecule has 2 aromatic carbocycles. The normalized spacial score (nSPS) is 16.4. The minimum absolute atomic E-state index is 0.394. The third-order valence-corrected chi connectivity index (χ3v) is 4.95. The monoisotopic (exact) mass is 399 g/mol. The van der Waals surface area contributed by atoms with E-state index in [1.807, 2.05) is 60.7 Å². The molecule has 138 valence electrons. The van der Waals surface area contributed by atoms with Gasteiger partial charge >= 0.3 is 0 Å². The van der Waals surface area contributed by atoms with Crippen molar-refractivity contribution in [3.05, 3.63) is 83.4 Å². The van der Waals surface area contributed by atoms with E-state index in [9.17, 15) is 4.79 Å².